The molecule has 0 atom stereocenters. The van der Waals surface area contributed by atoms with Gasteiger partial charge in [-0.1, -0.05) is 24.3 Å². The Bertz CT molecular complexity index is 1370. The lowest BCUT2D eigenvalue weighted by Crippen LogP contribution is -2.24. The van der Waals surface area contributed by atoms with Crippen molar-refractivity contribution in [1.29, 1.82) is 0 Å². The molecule has 164 valence electrons. The van der Waals surface area contributed by atoms with Crippen molar-refractivity contribution < 1.29 is 17.6 Å². The van der Waals surface area contributed by atoms with Gasteiger partial charge in [0, 0.05) is 41.2 Å². The third-order valence-electron chi connectivity index (χ3n) is 6.23. The quantitative estimate of drug-likeness (QED) is 0.429. The van der Waals surface area contributed by atoms with E-state index >= 15 is 0 Å². The Morgan fingerprint density at radius 2 is 1.84 bits per heavy atom. The van der Waals surface area contributed by atoms with Gasteiger partial charge in [-0.15, -0.1) is 0 Å². The fraction of sp³-hybridized carbons (Fsp3) is 0.269. The van der Waals surface area contributed by atoms with Crippen LogP contribution in [0.25, 0.3) is 27.8 Å². The van der Waals surface area contributed by atoms with Gasteiger partial charge in [0.05, 0.1) is 5.70 Å². The van der Waals surface area contributed by atoms with Crippen LogP contribution in [0.5, 0.6) is 0 Å². The van der Waals surface area contributed by atoms with Gasteiger partial charge >= 0.3 is 6.18 Å². The Balaban J connectivity index is 1.72. The number of halogens is 3. The van der Waals surface area contributed by atoms with Gasteiger partial charge < -0.3 is 9.32 Å². The third kappa shape index (κ3) is 3.44. The molecule has 5 rings (SSSR count). The van der Waals surface area contributed by atoms with Gasteiger partial charge in [-0.25, -0.2) is 4.98 Å². The molecule has 1 aliphatic carbocycles. The van der Waals surface area contributed by atoms with E-state index < -0.39 is 12.6 Å². The van der Waals surface area contributed by atoms with Crippen LogP contribution in [0.4, 0.5) is 13.2 Å². The highest BCUT2D eigenvalue weighted by atomic mass is 19.4. The van der Waals surface area contributed by atoms with E-state index in [0.717, 1.165) is 50.1 Å². The van der Waals surface area contributed by atoms with E-state index in [2.05, 4.69) is 9.88 Å². The second-order valence-electron chi connectivity index (χ2n) is 8.43. The summed E-state index contributed by atoms with van der Waals surface area (Å²) < 4.78 is 45.4. The van der Waals surface area contributed by atoms with Crippen molar-refractivity contribution in [3.8, 4) is 0 Å². The largest absolute Gasteiger partial charge is 0.437 e. The first kappa shape index (κ1) is 20.6. The molecule has 0 radical (unpaired) electrons. The lowest BCUT2D eigenvalue weighted by Gasteiger charge is -2.34. The first-order valence-electron chi connectivity index (χ1n) is 10.6. The normalized spacial score (nSPS) is 16.6. The van der Waals surface area contributed by atoms with Crippen LogP contribution in [0, 0.1) is 13.8 Å². The maximum atomic E-state index is 13.1. The molecule has 1 aromatic carbocycles. The highest BCUT2D eigenvalue weighted by Gasteiger charge is 2.31. The predicted molar refractivity (Wildman–Crippen MR) is 121 cm³/mol. The molecule has 0 bridgehead atoms. The van der Waals surface area contributed by atoms with Gasteiger partial charge in [0.15, 0.2) is 0 Å². The van der Waals surface area contributed by atoms with Crippen molar-refractivity contribution in [3.63, 3.8) is 0 Å². The number of aryl methyl sites for hydroxylation is 2. The number of hydrogen-bond acceptors (Lipinski definition) is 3. The fourth-order valence-corrected chi connectivity index (χ4v) is 4.61. The van der Waals surface area contributed by atoms with E-state index in [4.69, 9.17) is 4.42 Å². The zero-order valence-corrected chi connectivity index (χ0v) is 18.2. The number of furan rings is 1. The highest BCUT2D eigenvalue weighted by molar-refractivity contribution is 6.07. The Morgan fingerprint density at radius 3 is 2.62 bits per heavy atom. The standard InChI is InChI=1S/C26H23F3N2O/c1-15-8-10-19-20-11-9-16(2)30-25(20)32-24(19)23(15)22-14-17(12-13-26(27,28)29)18-6-4-5-7-21(18)31(22)3/h4-5,7-11,14H,6,12-13H2,1-3H3. The number of fused-ring (bicyclic) bond motifs is 4. The summed E-state index contributed by atoms with van der Waals surface area (Å²) in [7, 11) is 1.96. The molecule has 32 heavy (non-hydrogen) atoms. The van der Waals surface area contributed by atoms with Crippen LogP contribution in [0.3, 0.4) is 0 Å². The van der Waals surface area contributed by atoms with Gasteiger partial charge in [-0.2, -0.15) is 13.2 Å². The maximum absolute atomic E-state index is 13.1. The molecule has 0 unspecified atom stereocenters. The third-order valence-corrected chi connectivity index (χ3v) is 6.23. The summed E-state index contributed by atoms with van der Waals surface area (Å²) in [5.41, 5.74) is 7.49. The molecule has 3 nitrogen and oxygen atoms in total. The minimum atomic E-state index is -4.20. The molecule has 2 aromatic heterocycles. The number of likely N-dealkylation sites (N-methyl/N-ethyl adjacent to an activating group) is 1. The molecule has 0 spiro atoms. The number of pyridine rings is 1. The number of rotatable bonds is 3. The summed E-state index contributed by atoms with van der Waals surface area (Å²) in [5, 5.41) is 1.88. The van der Waals surface area contributed by atoms with Crippen molar-refractivity contribution in [2.45, 2.75) is 39.3 Å². The van der Waals surface area contributed by atoms with E-state index in [1.54, 1.807) is 0 Å². The summed E-state index contributed by atoms with van der Waals surface area (Å²) in [5.74, 6) is 0. The molecule has 0 N–H and O–H groups in total. The Labute approximate surface area is 184 Å². The zero-order chi connectivity index (χ0) is 22.6. The van der Waals surface area contributed by atoms with Crippen molar-refractivity contribution in [2.75, 3.05) is 7.05 Å². The molecule has 0 fully saturated rings. The van der Waals surface area contributed by atoms with E-state index in [0.29, 0.717) is 17.7 Å². The SMILES string of the molecule is Cc1ccc2c(n1)oc1c(C3=CC(CCC(F)(F)F)=C4CC=CC=C4N3C)c(C)ccc12. The highest BCUT2D eigenvalue weighted by Crippen LogP contribution is 2.43. The molecule has 0 amide bonds. The monoisotopic (exact) mass is 436 g/mol. The minimum Gasteiger partial charge on any atom is -0.437 e. The number of allylic oxidation sites excluding steroid dienone is 6. The fourth-order valence-electron chi connectivity index (χ4n) is 4.61. The number of aromatic nitrogens is 1. The van der Waals surface area contributed by atoms with Crippen molar-refractivity contribution in [1.82, 2.24) is 9.88 Å². The zero-order valence-electron chi connectivity index (χ0n) is 18.2. The van der Waals surface area contributed by atoms with Crippen molar-refractivity contribution in [3.05, 3.63) is 82.2 Å². The molecule has 0 saturated heterocycles. The average Bonchev–Trinajstić information content (AvgIpc) is 3.10. The van der Waals surface area contributed by atoms with E-state index in [1.165, 1.54) is 0 Å². The van der Waals surface area contributed by atoms with Crippen LogP contribution < -0.4 is 0 Å². The first-order valence-corrected chi connectivity index (χ1v) is 10.6. The van der Waals surface area contributed by atoms with Crippen LogP contribution in [0.15, 0.2) is 69.8 Å². The van der Waals surface area contributed by atoms with Crippen LogP contribution in [0.1, 0.15) is 36.1 Å². The second kappa shape index (κ2) is 7.40. The molecule has 6 heteroatoms. The Kier molecular flexibility index (Phi) is 4.77. The molecular formula is C26H23F3N2O. The van der Waals surface area contributed by atoms with Gasteiger partial charge in [-0.3, -0.25) is 0 Å². The summed E-state index contributed by atoms with van der Waals surface area (Å²) in [6.45, 7) is 3.91. The van der Waals surface area contributed by atoms with E-state index in [-0.39, 0.29) is 6.42 Å². The first-order chi connectivity index (χ1) is 15.2. The minimum absolute atomic E-state index is 0.0444. The van der Waals surface area contributed by atoms with E-state index in [1.807, 2.05) is 69.5 Å². The number of alkyl halides is 3. The van der Waals surface area contributed by atoms with Crippen molar-refractivity contribution >= 4 is 27.8 Å². The van der Waals surface area contributed by atoms with Gasteiger partial charge in [0.25, 0.3) is 0 Å². The summed E-state index contributed by atoms with van der Waals surface area (Å²) >= 11 is 0. The summed E-state index contributed by atoms with van der Waals surface area (Å²) in [4.78, 5) is 6.59. The van der Waals surface area contributed by atoms with Crippen LogP contribution in [-0.4, -0.2) is 23.1 Å². The summed E-state index contributed by atoms with van der Waals surface area (Å²) in [6.07, 6.45) is 3.37. The molecule has 3 aromatic rings. The molecule has 3 heterocycles. The second-order valence-corrected chi connectivity index (χ2v) is 8.43. The van der Waals surface area contributed by atoms with Gasteiger partial charge in [0.2, 0.25) is 5.71 Å². The number of nitrogens with zero attached hydrogens (tertiary/aromatic N) is 2. The topological polar surface area (TPSA) is 29.3 Å². The number of hydrogen-bond donors (Lipinski definition) is 0. The number of benzene rings is 1. The Hall–Kier alpha value is -3.28. The van der Waals surface area contributed by atoms with E-state index in [9.17, 15) is 13.2 Å². The Morgan fingerprint density at radius 1 is 1.06 bits per heavy atom. The smallest absolute Gasteiger partial charge is 0.389 e. The summed E-state index contributed by atoms with van der Waals surface area (Å²) in [6, 6.07) is 8.01. The average molecular weight is 436 g/mol. The molecule has 2 aliphatic rings. The lowest BCUT2D eigenvalue weighted by molar-refractivity contribution is -0.133. The molecule has 0 saturated carbocycles. The van der Waals surface area contributed by atoms with Crippen LogP contribution >= 0.6 is 0 Å². The molecule has 1 aliphatic heterocycles. The van der Waals surface area contributed by atoms with Gasteiger partial charge in [-0.05, 0) is 67.7 Å². The molecular weight excluding hydrogens is 413 g/mol. The van der Waals surface area contributed by atoms with Crippen LogP contribution in [0.2, 0.25) is 0 Å². The van der Waals surface area contributed by atoms with Crippen LogP contribution in [-0.2, 0) is 0 Å². The predicted octanol–water partition coefficient (Wildman–Crippen LogP) is 7.37. The van der Waals surface area contributed by atoms with Gasteiger partial charge in [0.1, 0.15) is 5.58 Å². The van der Waals surface area contributed by atoms with Crippen molar-refractivity contribution in [2.24, 2.45) is 0 Å². The maximum Gasteiger partial charge on any atom is 0.389 e. The lowest BCUT2D eigenvalue weighted by atomic mass is 9.88.